The summed E-state index contributed by atoms with van der Waals surface area (Å²) in [6.07, 6.45) is 5.25. The molecule has 1 aromatic carbocycles. The molecular weight excluding hydrogens is 236 g/mol. The number of hydrogen-bond acceptors (Lipinski definition) is 3. The van der Waals surface area contributed by atoms with Crippen molar-refractivity contribution < 1.29 is 8.78 Å². The van der Waals surface area contributed by atoms with Gasteiger partial charge in [0.25, 0.3) is 0 Å². The summed E-state index contributed by atoms with van der Waals surface area (Å²) in [5, 5.41) is 3.06. The molecular formula is C13H13F2N3. The lowest BCUT2D eigenvalue weighted by Crippen LogP contribution is -2.20. The van der Waals surface area contributed by atoms with Crippen LogP contribution in [0, 0.1) is 11.6 Å². The molecule has 0 amide bonds. The van der Waals surface area contributed by atoms with Crippen LogP contribution in [0.4, 0.5) is 8.78 Å². The van der Waals surface area contributed by atoms with Crippen LogP contribution in [0.15, 0.2) is 36.8 Å². The van der Waals surface area contributed by atoms with Crippen molar-refractivity contribution >= 4 is 0 Å². The summed E-state index contributed by atoms with van der Waals surface area (Å²) in [5.74, 6) is -1.14. The highest BCUT2D eigenvalue weighted by Gasteiger charge is 2.12. The standard InChI is InChI=1S/C13H13F2N3/c1-16-12(13-8-17-2-3-18-13)6-9-4-10(14)7-11(15)5-9/h2-5,7-8,12,16H,6H2,1H3. The molecule has 0 spiro atoms. The van der Waals surface area contributed by atoms with E-state index < -0.39 is 11.6 Å². The number of aromatic nitrogens is 2. The molecule has 0 saturated heterocycles. The van der Waals surface area contributed by atoms with Crippen LogP contribution in [0.5, 0.6) is 0 Å². The van der Waals surface area contributed by atoms with E-state index in [1.54, 1.807) is 25.6 Å². The van der Waals surface area contributed by atoms with Gasteiger partial charge in [-0.1, -0.05) is 0 Å². The minimum Gasteiger partial charge on any atom is -0.311 e. The Morgan fingerprint density at radius 2 is 1.89 bits per heavy atom. The number of likely N-dealkylation sites (N-methyl/N-ethyl adjacent to an activating group) is 1. The van der Waals surface area contributed by atoms with Crippen LogP contribution in [-0.4, -0.2) is 17.0 Å². The molecule has 1 aromatic heterocycles. The average Bonchev–Trinajstić information content (AvgIpc) is 2.36. The van der Waals surface area contributed by atoms with Gasteiger partial charge >= 0.3 is 0 Å². The first kappa shape index (κ1) is 12.6. The van der Waals surface area contributed by atoms with Crippen LogP contribution < -0.4 is 5.32 Å². The van der Waals surface area contributed by atoms with E-state index in [9.17, 15) is 8.78 Å². The summed E-state index contributed by atoms with van der Waals surface area (Å²) in [4.78, 5) is 8.16. The molecule has 18 heavy (non-hydrogen) atoms. The maximum absolute atomic E-state index is 13.1. The smallest absolute Gasteiger partial charge is 0.126 e. The fraction of sp³-hybridized carbons (Fsp3) is 0.231. The highest BCUT2D eigenvalue weighted by molar-refractivity contribution is 5.20. The fourth-order valence-corrected chi connectivity index (χ4v) is 1.81. The molecule has 0 fully saturated rings. The van der Waals surface area contributed by atoms with Gasteiger partial charge in [0, 0.05) is 24.7 Å². The third kappa shape index (κ3) is 3.07. The Morgan fingerprint density at radius 1 is 1.17 bits per heavy atom. The van der Waals surface area contributed by atoms with Gasteiger partial charge in [0.15, 0.2) is 0 Å². The highest BCUT2D eigenvalue weighted by Crippen LogP contribution is 2.17. The van der Waals surface area contributed by atoms with Crippen LogP contribution in [0.2, 0.25) is 0 Å². The lowest BCUT2D eigenvalue weighted by molar-refractivity contribution is 0.553. The Kier molecular flexibility index (Phi) is 3.94. The molecule has 0 aliphatic rings. The number of rotatable bonds is 4. The highest BCUT2D eigenvalue weighted by atomic mass is 19.1. The van der Waals surface area contributed by atoms with E-state index in [4.69, 9.17) is 0 Å². The summed E-state index contributed by atoms with van der Waals surface area (Å²) in [6.45, 7) is 0. The maximum atomic E-state index is 13.1. The molecule has 5 heteroatoms. The zero-order chi connectivity index (χ0) is 13.0. The van der Waals surface area contributed by atoms with E-state index in [1.165, 1.54) is 12.1 Å². The van der Waals surface area contributed by atoms with E-state index in [-0.39, 0.29) is 6.04 Å². The molecule has 94 valence electrons. The Bertz CT molecular complexity index is 497. The summed E-state index contributed by atoms with van der Waals surface area (Å²) in [7, 11) is 1.77. The van der Waals surface area contributed by atoms with Gasteiger partial charge in [-0.05, 0) is 31.2 Å². The molecule has 2 aromatic rings. The van der Waals surface area contributed by atoms with Gasteiger partial charge in [-0.3, -0.25) is 9.97 Å². The molecule has 0 saturated carbocycles. The zero-order valence-corrected chi connectivity index (χ0v) is 9.90. The third-order valence-electron chi connectivity index (χ3n) is 2.65. The van der Waals surface area contributed by atoms with E-state index in [2.05, 4.69) is 15.3 Å². The Labute approximate surface area is 104 Å². The second kappa shape index (κ2) is 5.64. The van der Waals surface area contributed by atoms with Crippen LogP contribution >= 0.6 is 0 Å². The van der Waals surface area contributed by atoms with Crippen LogP contribution in [0.3, 0.4) is 0 Å². The Hall–Kier alpha value is -1.88. The maximum Gasteiger partial charge on any atom is 0.126 e. The van der Waals surface area contributed by atoms with Crippen molar-refractivity contribution in [2.45, 2.75) is 12.5 Å². The Morgan fingerprint density at radius 3 is 2.44 bits per heavy atom. The van der Waals surface area contributed by atoms with Gasteiger partial charge in [-0.25, -0.2) is 8.78 Å². The SMILES string of the molecule is CNC(Cc1cc(F)cc(F)c1)c1cnccn1. The van der Waals surface area contributed by atoms with Gasteiger partial charge in [0.2, 0.25) is 0 Å². The van der Waals surface area contributed by atoms with Crippen LogP contribution in [0.1, 0.15) is 17.3 Å². The number of nitrogens with zero attached hydrogens (tertiary/aromatic N) is 2. The van der Waals surface area contributed by atoms with Crippen molar-refractivity contribution in [3.05, 3.63) is 59.7 Å². The Balaban J connectivity index is 2.20. The molecule has 1 atom stereocenters. The second-order valence-corrected chi connectivity index (χ2v) is 3.95. The van der Waals surface area contributed by atoms with Crippen molar-refractivity contribution in [3.63, 3.8) is 0 Å². The first-order valence-corrected chi connectivity index (χ1v) is 5.57. The summed E-state index contributed by atoms with van der Waals surface area (Å²) in [5.41, 5.74) is 1.32. The van der Waals surface area contributed by atoms with Gasteiger partial charge in [0.1, 0.15) is 11.6 Å². The largest absolute Gasteiger partial charge is 0.311 e. The monoisotopic (exact) mass is 249 g/mol. The zero-order valence-electron chi connectivity index (χ0n) is 9.90. The van der Waals surface area contributed by atoms with Crippen molar-refractivity contribution in [1.82, 2.24) is 15.3 Å². The van der Waals surface area contributed by atoms with Crippen molar-refractivity contribution in [3.8, 4) is 0 Å². The average molecular weight is 249 g/mol. The molecule has 0 aliphatic carbocycles. The summed E-state index contributed by atoms with van der Waals surface area (Å²) in [6, 6.07) is 3.38. The van der Waals surface area contributed by atoms with Gasteiger partial charge in [-0.15, -0.1) is 0 Å². The van der Waals surface area contributed by atoms with E-state index in [0.717, 1.165) is 11.8 Å². The van der Waals surface area contributed by atoms with Crippen molar-refractivity contribution in [2.75, 3.05) is 7.05 Å². The van der Waals surface area contributed by atoms with E-state index >= 15 is 0 Å². The minimum atomic E-state index is -0.570. The molecule has 2 rings (SSSR count). The van der Waals surface area contributed by atoms with E-state index in [0.29, 0.717) is 12.0 Å². The topological polar surface area (TPSA) is 37.8 Å². The predicted octanol–water partition coefficient (Wildman–Crippen LogP) is 2.26. The second-order valence-electron chi connectivity index (χ2n) is 3.95. The normalized spacial score (nSPS) is 12.4. The fourth-order valence-electron chi connectivity index (χ4n) is 1.81. The predicted molar refractivity (Wildman–Crippen MR) is 63.9 cm³/mol. The first-order chi connectivity index (χ1) is 8.69. The molecule has 1 heterocycles. The lowest BCUT2D eigenvalue weighted by atomic mass is 10.0. The minimum absolute atomic E-state index is 0.125. The molecule has 3 nitrogen and oxygen atoms in total. The molecule has 0 radical (unpaired) electrons. The number of benzene rings is 1. The van der Waals surface area contributed by atoms with Crippen molar-refractivity contribution in [2.24, 2.45) is 0 Å². The summed E-state index contributed by atoms with van der Waals surface area (Å²) < 4.78 is 26.2. The summed E-state index contributed by atoms with van der Waals surface area (Å²) >= 11 is 0. The van der Waals surface area contributed by atoms with Gasteiger partial charge in [0.05, 0.1) is 11.7 Å². The molecule has 0 bridgehead atoms. The first-order valence-electron chi connectivity index (χ1n) is 5.57. The number of nitrogens with one attached hydrogen (secondary N) is 1. The third-order valence-corrected chi connectivity index (χ3v) is 2.65. The van der Waals surface area contributed by atoms with Crippen molar-refractivity contribution in [1.29, 1.82) is 0 Å². The number of halogens is 2. The van der Waals surface area contributed by atoms with E-state index in [1.807, 2.05) is 0 Å². The van der Waals surface area contributed by atoms with Gasteiger partial charge < -0.3 is 5.32 Å². The molecule has 0 aliphatic heterocycles. The number of hydrogen-bond donors (Lipinski definition) is 1. The lowest BCUT2D eigenvalue weighted by Gasteiger charge is -2.15. The molecule has 1 N–H and O–H groups in total. The van der Waals surface area contributed by atoms with Gasteiger partial charge in [-0.2, -0.15) is 0 Å². The molecule has 1 unspecified atom stereocenters. The van der Waals surface area contributed by atoms with Crippen LogP contribution in [0.25, 0.3) is 0 Å². The van der Waals surface area contributed by atoms with Crippen LogP contribution in [-0.2, 0) is 6.42 Å². The quantitative estimate of drug-likeness (QED) is 0.903.